The summed E-state index contributed by atoms with van der Waals surface area (Å²) >= 11 is 6.06. The number of halogens is 1. The second-order valence-corrected chi connectivity index (χ2v) is 7.21. The Labute approximate surface area is 161 Å². The normalized spacial score (nSPS) is 17.0. The monoisotopic (exact) mass is 379 g/mol. The molecule has 0 amide bonds. The zero-order valence-electron chi connectivity index (χ0n) is 14.6. The molecule has 0 aliphatic carbocycles. The van der Waals surface area contributed by atoms with Crippen LogP contribution in [0.1, 0.15) is 6.42 Å². The molecule has 4 aromatic rings. The zero-order chi connectivity index (χ0) is 18.2. The van der Waals surface area contributed by atoms with E-state index < -0.39 is 0 Å². The molecule has 0 saturated carbocycles. The van der Waals surface area contributed by atoms with Gasteiger partial charge in [-0.1, -0.05) is 29.8 Å². The summed E-state index contributed by atoms with van der Waals surface area (Å²) in [6, 6.07) is 15.6. The van der Waals surface area contributed by atoms with Crippen LogP contribution in [-0.2, 0) is 4.74 Å². The number of nitrogens with zero attached hydrogens (tertiary/aromatic N) is 3. The fourth-order valence-corrected chi connectivity index (χ4v) is 3.58. The van der Waals surface area contributed by atoms with Crippen LogP contribution >= 0.6 is 11.6 Å². The summed E-state index contributed by atoms with van der Waals surface area (Å²) in [6.07, 6.45) is 2.87. The molecule has 0 spiro atoms. The molecule has 0 radical (unpaired) electrons. The Hall–Kier alpha value is -2.63. The molecule has 5 rings (SSSR count). The Morgan fingerprint density at radius 2 is 1.96 bits per heavy atom. The van der Waals surface area contributed by atoms with E-state index in [0.717, 1.165) is 47.1 Å². The lowest BCUT2D eigenvalue weighted by Gasteiger charge is -2.12. The molecule has 1 fully saturated rings. The lowest BCUT2D eigenvalue weighted by molar-refractivity contribution is 0.165. The zero-order valence-corrected chi connectivity index (χ0v) is 15.4. The maximum absolute atomic E-state index is 6.26. The van der Waals surface area contributed by atoms with E-state index in [1.54, 1.807) is 0 Å². The van der Waals surface area contributed by atoms with Gasteiger partial charge in [-0.05, 0) is 36.8 Å². The van der Waals surface area contributed by atoms with Crippen LogP contribution in [0.15, 0.2) is 54.7 Å². The Bertz CT molecular complexity index is 1100. The minimum Gasteiger partial charge on any atom is -0.477 e. The number of hydrogen-bond acceptors (Lipinski definition) is 4. The van der Waals surface area contributed by atoms with Crippen LogP contribution in [0.25, 0.3) is 27.5 Å². The van der Waals surface area contributed by atoms with Crippen molar-refractivity contribution < 1.29 is 9.47 Å². The Morgan fingerprint density at radius 3 is 2.78 bits per heavy atom. The third-order valence-electron chi connectivity index (χ3n) is 4.92. The van der Waals surface area contributed by atoms with E-state index >= 15 is 0 Å². The number of benzene rings is 2. The van der Waals surface area contributed by atoms with Crippen molar-refractivity contribution in [3.63, 3.8) is 0 Å². The van der Waals surface area contributed by atoms with Gasteiger partial charge in [0.15, 0.2) is 0 Å². The summed E-state index contributed by atoms with van der Waals surface area (Å²) in [5.74, 6) is 1.11. The molecule has 1 aliphatic heterocycles. The Balaban J connectivity index is 1.66. The molecule has 5 nitrogen and oxygen atoms in total. The molecule has 6 heteroatoms. The van der Waals surface area contributed by atoms with Crippen molar-refractivity contribution in [2.24, 2.45) is 5.92 Å². The van der Waals surface area contributed by atoms with Crippen LogP contribution < -0.4 is 4.74 Å². The average molecular weight is 380 g/mol. The molecule has 1 atom stereocenters. The minimum absolute atomic E-state index is 0.405. The van der Waals surface area contributed by atoms with E-state index in [2.05, 4.69) is 4.98 Å². The smallest absolute Gasteiger partial charge is 0.226 e. The SMILES string of the molecule is Clc1ccc(-n2nc3c(cnc4ccccc43)c2OCC2CCOC2)cc1. The summed E-state index contributed by atoms with van der Waals surface area (Å²) in [4.78, 5) is 4.59. The third-order valence-corrected chi connectivity index (χ3v) is 5.17. The maximum atomic E-state index is 6.26. The van der Waals surface area contributed by atoms with Gasteiger partial charge >= 0.3 is 0 Å². The first-order chi connectivity index (χ1) is 13.3. The molecule has 1 unspecified atom stereocenters. The number of fused-ring (bicyclic) bond motifs is 3. The van der Waals surface area contributed by atoms with Crippen molar-refractivity contribution in [3.05, 3.63) is 59.8 Å². The molecule has 3 heterocycles. The summed E-state index contributed by atoms with van der Waals surface area (Å²) in [7, 11) is 0. The van der Waals surface area contributed by atoms with Gasteiger partial charge in [0.1, 0.15) is 5.52 Å². The van der Waals surface area contributed by atoms with Gasteiger partial charge in [-0.3, -0.25) is 4.98 Å². The van der Waals surface area contributed by atoms with E-state index in [1.165, 1.54) is 0 Å². The van der Waals surface area contributed by atoms with Crippen molar-refractivity contribution in [3.8, 4) is 11.6 Å². The van der Waals surface area contributed by atoms with Gasteiger partial charge in [-0.25, -0.2) is 0 Å². The molecule has 27 heavy (non-hydrogen) atoms. The Kier molecular flexibility index (Phi) is 4.19. The molecule has 2 aromatic heterocycles. The van der Waals surface area contributed by atoms with Gasteiger partial charge in [-0.2, -0.15) is 9.78 Å². The summed E-state index contributed by atoms with van der Waals surface area (Å²) in [5, 5.41) is 7.47. The largest absolute Gasteiger partial charge is 0.477 e. The second kappa shape index (κ2) is 6.83. The third kappa shape index (κ3) is 3.03. The lowest BCUT2D eigenvalue weighted by Crippen LogP contribution is -2.13. The molecule has 1 saturated heterocycles. The second-order valence-electron chi connectivity index (χ2n) is 6.77. The van der Waals surface area contributed by atoms with Crippen LogP contribution in [0.4, 0.5) is 0 Å². The molecule has 2 aromatic carbocycles. The highest BCUT2D eigenvalue weighted by molar-refractivity contribution is 6.30. The average Bonchev–Trinajstić information content (AvgIpc) is 3.34. The lowest BCUT2D eigenvalue weighted by atomic mass is 10.1. The topological polar surface area (TPSA) is 49.2 Å². The highest BCUT2D eigenvalue weighted by Gasteiger charge is 2.21. The fourth-order valence-electron chi connectivity index (χ4n) is 3.46. The molecule has 136 valence electrons. The summed E-state index contributed by atoms with van der Waals surface area (Å²) in [6.45, 7) is 2.15. The molecule has 0 bridgehead atoms. The highest BCUT2D eigenvalue weighted by atomic mass is 35.5. The van der Waals surface area contributed by atoms with Crippen LogP contribution in [0.5, 0.6) is 5.88 Å². The number of hydrogen-bond donors (Lipinski definition) is 0. The predicted octanol–water partition coefficient (Wildman–Crippen LogP) is 4.64. The van der Waals surface area contributed by atoms with E-state index in [1.807, 2.05) is 59.4 Å². The van der Waals surface area contributed by atoms with E-state index in [4.69, 9.17) is 26.2 Å². The van der Waals surface area contributed by atoms with Gasteiger partial charge < -0.3 is 9.47 Å². The molecule has 1 aliphatic rings. The minimum atomic E-state index is 0.405. The first kappa shape index (κ1) is 16.5. The van der Waals surface area contributed by atoms with E-state index in [0.29, 0.717) is 23.4 Å². The summed E-state index contributed by atoms with van der Waals surface area (Å²) < 4.78 is 13.6. The van der Waals surface area contributed by atoms with E-state index in [-0.39, 0.29) is 0 Å². The molecular formula is C21H18ClN3O2. The number of rotatable bonds is 4. The molecule has 0 N–H and O–H groups in total. The molecular weight excluding hydrogens is 362 g/mol. The first-order valence-electron chi connectivity index (χ1n) is 9.02. The maximum Gasteiger partial charge on any atom is 0.226 e. The van der Waals surface area contributed by atoms with Crippen LogP contribution in [0.3, 0.4) is 0 Å². The van der Waals surface area contributed by atoms with Crippen molar-refractivity contribution in [2.75, 3.05) is 19.8 Å². The number of ether oxygens (including phenoxy) is 2. The van der Waals surface area contributed by atoms with Gasteiger partial charge in [0, 0.05) is 29.1 Å². The highest BCUT2D eigenvalue weighted by Crippen LogP contribution is 2.33. The first-order valence-corrected chi connectivity index (χ1v) is 9.40. The van der Waals surface area contributed by atoms with Crippen molar-refractivity contribution in [1.82, 2.24) is 14.8 Å². The predicted molar refractivity (Wildman–Crippen MR) is 106 cm³/mol. The van der Waals surface area contributed by atoms with Crippen LogP contribution in [0.2, 0.25) is 5.02 Å². The number of aromatic nitrogens is 3. The summed E-state index contributed by atoms with van der Waals surface area (Å²) in [5.41, 5.74) is 2.70. The quantitative estimate of drug-likeness (QED) is 0.518. The van der Waals surface area contributed by atoms with Gasteiger partial charge in [0.2, 0.25) is 5.88 Å². The van der Waals surface area contributed by atoms with Crippen molar-refractivity contribution >= 4 is 33.4 Å². The van der Waals surface area contributed by atoms with E-state index in [9.17, 15) is 0 Å². The number of para-hydroxylation sites is 1. The van der Waals surface area contributed by atoms with Crippen molar-refractivity contribution in [2.45, 2.75) is 6.42 Å². The van der Waals surface area contributed by atoms with Gasteiger partial charge in [0.25, 0.3) is 0 Å². The van der Waals surface area contributed by atoms with Gasteiger partial charge in [-0.15, -0.1) is 0 Å². The fraction of sp³-hybridized carbons (Fsp3) is 0.238. The van der Waals surface area contributed by atoms with Crippen molar-refractivity contribution in [1.29, 1.82) is 0 Å². The standard InChI is InChI=1S/C21H18ClN3O2/c22-15-5-7-16(8-6-15)25-21(27-13-14-9-10-26-12-14)18-11-23-19-4-2-1-3-17(19)20(18)24-25/h1-8,11,14H,9-10,12-13H2. The van der Waals surface area contributed by atoms with Crippen LogP contribution in [0, 0.1) is 5.92 Å². The Morgan fingerprint density at radius 1 is 1.11 bits per heavy atom. The number of pyridine rings is 1. The van der Waals surface area contributed by atoms with Crippen LogP contribution in [-0.4, -0.2) is 34.6 Å². The van der Waals surface area contributed by atoms with Gasteiger partial charge in [0.05, 0.1) is 29.8 Å².